The maximum atomic E-state index is 15.7. The van der Waals surface area contributed by atoms with E-state index in [0.717, 1.165) is 80.0 Å². The first-order valence-electron chi connectivity index (χ1n) is 23.5. The Morgan fingerprint density at radius 1 is 0.734 bits per heavy atom. The lowest BCUT2D eigenvalue weighted by atomic mass is 9.70. The number of hydrogen-bond acceptors (Lipinski definition) is 9. The van der Waals surface area contributed by atoms with E-state index in [4.69, 9.17) is 33.2 Å². The first kappa shape index (κ1) is 49.3. The van der Waals surface area contributed by atoms with Crippen molar-refractivity contribution in [1.29, 1.82) is 0 Å². The standard InChI is InChI=1S/C52H71FN2O9/c1-37-29-41-35-63-36-42-32-40(33-46-50(42)49(41)45(30-37)52(46,17-11-21-60-27-25-58-3)18-12-22-61-28-26-59-4)44-34-47(53)38(2)31-39(44)13-10-19-54-48(56)16-23-62-24-20-55-51(57)64-43-14-8-6-5-7-9-15-43/h5-6,29-34,43H,7-28,35-36H2,1-4H3,(H,54,56)(H,55,57)/b6-5+. The number of carbonyl (C=O) groups excluding carboxylic acids is 2. The minimum atomic E-state index is -0.427. The number of methoxy groups -OCH3 is 2. The predicted octanol–water partition coefficient (Wildman–Crippen LogP) is 9.36. The maximum absolute atomic E-state index is 15.7. The van der Waals surface area contributed by atoms with Gasteiger partial charge in [-0.05, 0) is 158 Å². The fourth-order valence-corrected chi connectivity index (χ4v) is 9.55. The van der Waals surface area contributed by atoms with Gasteiger partial charge in [-0.25, -0.2) is 9.18 Å². The third-order valence-electron chi connectivity index (χ3n) is 12.7. The Bertz CT molecular complexity index is 2000. The van der Waals surface area contributed by atoms with Gasteiger partial charge in [0.2, 0.25) is 5.91 Å². The minimum Gasteiger partial charge on any atom is -0.446 e. The highest BCUT2D eigenvalue weighted by Crippen LogP contribution is 2.58. The quantitative estimate of drug-likeness (QED) is 0.0600. The van der Waals surface area contributed by atoms with Crippen molar-refractivity contribution in [3.05, 3.63) is 93.3 Å². The third-order valence-corrected chi connectivity index (χ3v) is 12.7. The molecule has 1 heterocycles. The molecule has 1 unspecified atom stereocenters. The summed E-state index contributed by atoms with van der Waals surface area (Å²) >= 11 is 0. The van der Waals surface area contributed by atoms with E-state index in [1.54, 1.807) is 27.2 Å². The molecular weight excluding hydrogens is 816 g/mol. The summed E-state index contributed by atoms with van der Waals surface area (Å²) in [6, 6.07) is 12.8. The molecule has 2 aliphatic carbocycles. The van der Waals surface area contributed by atoms with Gasteiger partial charge in [0.25, 0.3) is 0 Å². The summed E-state index contributed by atoms with van der Waals surface area (Å²) in [5, 5.41) is 5.78. The molecule has 12 heteroatoms. The first-order chi connectivity index (χ1) is 31.2. The zero-order valence-corrected chi connectivity index (χ0v) is 38.7. The Morgan fingerprint density at radius 3 is 2.16 bits per heavy atom. The number of aryl methyl sites for hydroxylation is 3. The van der Waals surface area contributed by atoms with Crippen molar-refractivity contribution in [2.24, 2.45) is 0 Å². The zero-order chi connectivity index (χ0) is 45.2. The summed E-state index contributed by atoms with van der Waals surface area (Å²) in [6.45, 7) is 9.75. The third kappa shape index (κ3) is 13.5. The lowest BCUT2D eigenvalue weighted by Gasteiger charge is -2.34. The van der Waals surface area contributed by atoms with Crippen LogP contribution >= 0.6 is 0 Å². The van der Waals surface area contributed by atoms with Crippen LogP contribution in [0.25, 0.3) is 22.3 Å². The van der Waals surface area contributed by atoms with Crippen LogP contribution in [-0.4, -0.2) is 98.3 Å². The summed E-state index contributed by atoms with van der Waals surface area (Å²) in [5.74, 6) is -0.350. The number of carbonyl (C=O) groups is 2. The van der Waals surface area contributed by atoms with E-state index in [-0.39, 0.29) is 36.3 Å². The Kier molecular flexibility index (Phi) is 19.6. The molecule has 1 aliphatic heterocycles. The molecule has 1 atom stereocenters. The highest BCUT2D eigenvalue weighted by Gasteiger charge is 2.45. The lowest BCUT2D eigenvalue weighted by molar-refractivity contribution is -0.122. The largest absolute Gasteiger partial charge is 0.446 e. The molecule has 64 heavy (non-hydrogen) atoms. The molecule has 3 aromatic rings. The van der Waals surface area contributed by atoms with E-state index in [0.29, 0.717) is 91.0 Å². The van der Waals surface area contributed by atoms with E-state index in [9.17, 15) is 9.59 Å². The Labute approximate surface area is 380 Å². The Balaban J connectivity index is 1.12. The Hall–Kier alpha value is -4.17. The minimum absolute atomic E-state index is 0.0633. The highest BCUT2D eigenvalue weighted by molar-refractivity contribution is 5.89. The summed E-state index contributed by atoms with van der Waals surface area (Å²) in [4.78, 5) is 25.0. The fourth-order valence-electron chi connectivity index (χ4n) is 9.55. The van der Waals surface area contributed by atoms with Crippen LogP contribution in [0.2, 0.25) is 0 Å². The van der Waals surface area contributed by atoms with Crippen molar-refractivity contribution in [2.75, 3.05) is 80.2 Å². The molecule has 0 fully saturated rings. The number of hydrogen-bond donors (Lipinski definition) is 2. The molecule has 2 amide bonds. The van der Waals surface area contributed by atoms with Gasteiger partial charge >= 0.3 is 6.09 Å². The van der Waals surface area contributed by atoms with Crippen LogP contribution in [-0.2, 0) is 63.0 Å². The summed E-state index contributed by atoms with van der Waals surface area (Å²) in [6.07, 6.45) is 13.5. The lowest BCUT2D eigenvalue weighted by Crippen LogP contribution is -2.32. The van der Waals surface area contributed by atoms with Gasteiger partial charge in [-0.1, -0.05) is 35.9 Å². The number of alkyl carbamates (subject to hydrolysis) is 1. The van der Waals surface area contributed by atoms with E-state index in [1.165, 1.54) is 33.4 Å². The van der Waals surface area contributed by atoms with Gasteiger partial charge in [0.15, 0.2) is 0 Å². The second-order valence-corrected chi connectivity index (χ2v) is 17.4. The molecule has 11 nitrogen and oxygen atoms in total. The normalized spacial score (nSPS) is 16.7. The molecule has 0 radical (unpaired) electrons. The number of ether oxygens (including phenoxy) is 7. The summed E-state index contributed by atoms with van der Waals surface area (Å²) in [5.41, 5.74) is 11.8. The monoisotopic (exact) mass is 887 g/mol. The predicted molar refractivity (Wildman–Crippen MR) is 247 cm³/mol. The van der Waals surface area contributed by atoms with Crippen LogP contribution in [0.4, 0.5) is 9.18 Å². The van der Waals surface area contributed by atoms with Crippen molar-refractivity contribution >= 4 is 12.0 Å². The van der Waals surface area contributed by atoms with Crippen molar-refractivity contribution in [2.45, 2.75) is 116 Å². The molecule has 0 saturated heterocycles. The number of allylic oxidation sites excluding steroid dienone is 2. The summed E-state index contributed by atoms with van der Waals surface area (Å²) in [7, 11) is 3.37. The average molecular weight is 887 g/mol. The zero-order valence-electron chi connectivity index (χ0n) is 38.7. The number of nitrogens with one attached hydrogen (secondary N) is 2. The highest BCUT2D eigenvalue weighted by atomic mass is 19.1. The Morgan fingerprint density at radius 2 is 1.42 bits per heavy atom. The number of amides is 2. The maximum Gasteiger partial charge on any atom is 0.407 e. The van der Waals surface area contributed by atoms with Crippen molar-refractivity contribution in [3.8, 4) is 22.3 Å². The second-order valence-electron chi connectivity index (χ2n) is 17.4. The first-order valence-corrected chi connectivity index (χ1v) is 23.5. The summed E-state index contributed by atoms with van der Waals surface area (Å²) < 4.78 is 55.7. The molecule has 0 saturated carbocycles. The van der Waals surface area contributed by atoms with Gasteiger partial charge in [-0.3, -0.25) is 4.79 Å². The molecule has 0 aromatic heterocycles. The van der Waals surface area contributed by atoms with Gasteiger partial charge in [-0.2, -0.15) is 0 Å². The van der Waals surface area contributed by atoms with Gasteiger partial charge in [-0.15, -0.1) is 0 Å². The molecule has 3 aromatic carbocycles. The molecular formula is C52H71FN2O9. The second kappa shape index (κ2) is 25.5. The van der Waals surface area contributed by atoms with Crippen molar-refractivity contribution in [1.82, 2.24) is 10.6 Å². The van der Waals surface area contributed by atoms with E-state index in [2.05, 4.69) is 54.0 Å². The van der Waals surface area contributed by atoms with Crippen LogP contribution in [0.5, 0.6) is 0 Å². The molecule has 350 valence electrons. The van der Waals surface area contributed by atoms with Gasteiger partial charge in [0, 0.05) is 52.4 Å². The van der Waals surface area contributed by atoms with Crippen molar-refractivity contribution in [3.63, 3.8) is 0 Å². The van der Waals surface area contributed by atoms with Gasteiger partial charge in [0.1, 0.15) is 11.9 Å². The fraction of sp³-hybridized carbons (Fsp3) is 0.577. The SMILES string of the molecule is COCCOCCCC1(CCCOCCOC)c2cc(C)cc3c2-c2c(cc(-c4cc(F)c(C)cc4CCCNC(=O)CCOCCNC(=O)OC4CC/C=C/CCC4)cc21)COC3. The number of halogens is 1. The van der Waals surface area contributed by atoms with Crippen LogP contribution in [0.1, 0.15) is 110 Å². The number of rotatable bonds is 26. The van der Waals surface area contributed by atoms with E-state index < -0.39 is 6.09 Å². The van der Waals surface area contributed by atoms with Crippen LogP contribution < -0.4 is 10.6 Å². The van der Waals surface area contributed by atoms with Gasteiger partial charge < -0.3 is 43.8 Å². The van der Waals surface area contributed by atoms with Crippen LogP contribution in [0.15, 0.2) is 48.6 Å². The van der Waals surface area contributed by atoms with Gasteiger partial charge in [0.05, 0.1) is 52.9 Å². The van der Waals surface area contributed by atoms with Crippen LogP contribution in [0.3, 0.4) is 0 Å². The molecule has 2 N–H and O–H groups in total. The molecule has 6 rings (SSSR count). The average Bonchev–Trinajstić information content (AvgIpc) is 3.39. The number of benzene rings is 3. The van der Waals surface area contributed by atoms with Crippen molar-refractivity contribution < 1.29 is 47.1 Å². The van der Waals surface area contributed by atoms with E-state index >= 15 is 4.39 Å². The smallest absolute Gasteiger partial charge is 0.407 e. The topological polar surface area (TPSA) is 123 Å². The molecule has 0 bridgehead atoms. The molecule has 3 aliphatic rings. The van der Waals surface area contributed by atoms with Crippen LogP contribution in [0, 0.1) is 19.7 Å². The van der Waals surface area contributed by atoms with E-state index in [1.807, 2.05) is 6.07 Å². The molecule has 0 spiro atoms.